The van der Waals surface area contributed by atoms with Gasteiger partial charge in [-0.25, -0.2) is 4.98 Å². The number of nitrogens with zero attached hydrogens (tertiary/aromatic N) is 6. The number of benzene rings is 2. The van der Waals surface area contributed by atoms with Crippen molar-refractivity contribution < 1.29 is 0 Å². The Labute approximate surface area is 201 Å². The van der Waals surface area contributed by atoms with Gasteiger partial charge in [0.2, 0.25) is 5.84 Å². The molecule has 0 aliphatic rings. The van der Waals surface area contributed by atoms with E-state index in [1.807, 2.05) is 24.3 Å². The Morgan fingerprint density at radius 2 is 1.65 bits per heavy atom. The summed E-state index contributed by atoms with van der Waals surface area (Å²) in [5, 5.41) is 22.1. The first-order valence-corrected chi connectivity index (χ1v) is 11.8. The van der Waals surface area contributed by atoms with Gasteiger partial charge in [0, 0.05) is 30.5 Å². The van der Waals surface area contributed by atoms with Crippen molar-refractivity contribution in [3.05, 3.63) is 84.1 Å². The predicted molar refractivity (Wildman–Crippen MR) is 139 cm³/mol. The molecule has 0 fully saturated rings. The van der Waals surface area contributed by atoms with Gasteiger partial charge in [0.25, 0.3) is 0 Å². The molecular weight excluding hydrogens is 422 g/mol. The summed E-state index contributed by atoms with van der Waals surface area (Å²) in [6.07, 6.45) is 6.40. The topological polar surface area (TPSA) is 89.0 Å². The number of hydrogen-bond acceptors (Lipinski definition) is 6. The molecule has 1 heterocycles. The summed E-state index contributed by atoms with van der Waals surface area (Å²) in [6, 6.07) is 22.9. The molecule has 3 rings (SSSR count). The lowest BCUT2D eigenvalue weighted by atomic mass is 10.1. The molecule has 0 radical (unpaired) electrons. The lowest BCUT2D eigenvalue weighted by Crippen LogP contribution is -2.25. The quantitative estimate of drug-likeness (QED) is 0.148. The number of azo groups is 1. The van der Waals surface area contributed by atoms with Crippen LogP contribution < -0.4 is 10.3 Å². The summed E-state index contributed by atoms with van der Waals surface area (Å²) in [7, 11) is 0. The number of rotatable bonds is 11. The van der Waals surface area contributed by atoms with Crippen LogP contribution >= 0.6 is 0 Å². The number of pyridine rings is 1. The van der Waals surface area contributed by atoms with Gasteiger partial charge in [0.1, 0.15) is 0 Å². The number of nitrogens with one attached hydrogen (secondary N) is 1. The van der Waals surface area contributed by atoms with Crippen LogP contribution in [0.1, 0.15) is 50.7 Å². The largest absolute Gasteiger partial charge is 0.372 e. The van der Waals surface area contributed by atoms with E-state index < -0.39 is 0 Å². The Hall–Kier alpha value is -4.05. The fourth-order valence-electron chi connectivity index (χ4n) is 3.28. The molecule has 3 aromatic rings. The minimum Gasteiger partial charge on any atom is -0.372 e. The van der Waals surface area contributed by atoms with Crippen LogP contribution in [0.15, 0.2) is 88.3 Å². The van der Waals surface area contributed by atoms with Crippen molar-refractivity contribution in [2.45, 2.75) is 39.5 Å². The van der Waals surface area contributed by atoms with Crippen molar-refractivity contribution >= 4 is 23.0 Å². The zero-order valence-corrected chi connectivity index (χ0v) is 19.9. The van der Waals surface area contributed by atoms with Crippen molar-refractivity contribution in [1.82, 2.24) is 4.98 Å². The summed E-state index contributed by atoms with van der Waals surface area (Å²) in [5.74, 6) is 0.888. The van der Waals surface area contributed by atoms with Crippen LogP contribution in [0.4, 0.5) is 17.2 Å². The number of hydrogen-bond donors (Lipinski definition) is 1. The van der Waals surface area contributed by atoms with E-state index in [-0.39, 0.29) is 0 Å². The third-order valence-electron chi connectivity index (χ3n) is 5.26. The number of unbranched alkanes of at least 4 members (excludes halogenated alkanes) is 2. The van der Waals surface area contributed by atoms with Crippen LogP contribution in [0.5, 0.6) is 0 Å². The second kappa shape index (κ2) is 13.5. The smallest absolute Gasteiger partial charge is 0.201 e. The van der Waals surface area contributed by atoms with E-state index >= 15 is 0 Å². The van der Waals surface area contributed by atoms with E-state index in [9.17, 15) is 0 Å². The van der Waals surface area contributed by atoms with Crippen LogP contribution in [-0.2, 0) is 0 Å². The summed E-state index contributed by atoms with van der Waals surface area (Å²) in [6.45, 7) is 6.58. The third-order valence-corrected chi connectivity index (χ3v) is 5.26. The number of aromatic nitrogens is 1. The molecule has 0 spiro atoms. The van der Waals surface area contributed by atoms with E-state index in [0.717, 1.165) is 24.3 Å². The molecule has 0 unspecified atom stereocenters. The molecule has 1 aromatic heterocycles. The maximum absolute atomic E-state index is 9.08. The number of amidine groups is 1. The van der Waals surface area contributed by atoms with Crippen LogP contribution in [-0.4, -0.2) is 23.9 Å². The number of anilines is 2. The molecule has 0 saturated carbocycles. The van der Waals surface area contributed by atoms with Gasteiger partial charge in [0.05, 0.1) is 17.3 Å². The second-order valence-electron chi connectivity index (χ2n) is 7.87. The Balaban J connectivity index is 1.79. The van der Waals surface area contributed by atoms with Gasteiger partial charge in [-0.1, -0.05) is 32.8 Å². The van der Waals surface area contributed by atoms with Crippen LogP contribution in [0.2, 0.25) is 0 Å². The molecule has 34 heavy (non-hydrogen) atoms. The molecule has 0 aliphatic heterocycles. The first-order chi connectivity index (χ1) is 16.7. The number of hydrazone groups is 1. The molecule has 174 valence electrons. The normalized spacial score (nSPS) is 11.4. The van der Waals surface area contributed by atoms with Crippen LogP contribution in [0.3, 0.4) is 0 Å². The zero-order chi connectivity index (χ0) is 24.0. The Morgan fingerprint density at radius 3 is 2.24 bits per heavy atom. The summed E-state index contributed by atoms with van der Waals surface area (Å²) in [4.78, 5) is 6.62. The molecule has 0 saturated heterocycles. The molecule has 2 aromatic carbocycles. The molecule has 0 bridgehead atoms. The highest BCUT2D eigenvalue weighted by atomic mass is 15.3. The summed E-state index contributed by atoms with van der Waals surface area (Å²) >= 11 is 0. The van der Waals surface area contributed by atoms with E-state index in [2.05, 4.69) is 62.7 Å². The summed E-state index contributed by atoms with van der Waals surface area (Å²) in [5.41, 5.74) is 6.48. The standard InChI is InChI=1S/C27H31N7/c1-3-5-19-34(20-6-4-2)25-16-14-24(15-17-25)30-32-27(23-12-10-22(21-28)11-13-23)33-31-26-9-7-8-18-29-26/h7-18,30H,3-6,19-20H2,1-2H3/b32-27-,33-31?. The van der Waals surface area contributed by atoms with Crippen molar-refractivity contribution in [1.29, 1.82) is 5.26 Å². The van der Waals surface area contributed by atoms with Crippen molar-refractivity contribution in [2.75, 3.05) is 23.4 Å². The van der Waals surface area contributed by atoms with Gasteiger partial charge >= 0.3 is 0 Å². The predicted octanol–water partition coefficient (Wildman–Crippen LogP) is 6.92. The van der Waals surface area contributed by atoms with E-state index in [0.29, 0.717) is 17.2 Å². The average molecular weight is 454 g/mol. The van der Waals surface area contributed by atoms with Crippen molar-refractivity contribution in [3.8, 4) is 6.07 Å². The first-order valence-electron chi connectivity index (χ1n) is 11.8. The van der Waals surface area contributed by atoms with Gasteiger partial charge in [-0.15, -0.1) is 10.2 Å². The molecule has 0 aliphatic carbocycles. The lowest BCUT2D eigenvalue weighted by molar-refractivity contribution is 0.678. The fourth-order valence-corrected chi connectivity index (χ4v) is 3.28. The SMILES string of the molecule is CCCCN(CCCC)c1ccc(N/N=C(\N=Nc2ccccn2)c2ccc(C#N)cc2)cc1. The monoisotopic (exact) mass is 453 g/mol. The molecule has 0 atom stereocenters. The van der Waals surface area contributed by atoms with Crippen LogP contribution in [0.25, 0.3) is 0 Å². The maximum atomic E-state index is 9.08. The zero-order valence-electron chi connectivity index (χ0n) is 19.9. The summed E-state index contributed by atoms with van der Waals surface area (Å²) < 4.78 is 0. The van der Waals surface area contributed by atoms with Gasteiger partial charge < -0.3 is 4.90 Å². The number of nitriles is 1. The average Bonchev–Trinajstić information content (AvgIpc) is 2.90. The first kappa shape index (κ1) is 24.6. The van der Waals surface area contributed by atoms with Crippen LogP contribution in [0, 0.1) is 11.3 Å². The van der Waals surface area contributed by atoms with Gasteiger partial charge in [-0.05, 0) is 73.5 Å². The molecule has 1 N–H and O–H groups in total. The molecule has 7 nitrogen and oxygen atoms in total. The van der Waals surface area contributed by atoms with E-state index in [1.165, 1.54) is 31.4 Å². The van der Waals surface area contributed by atoms with Crippen molar-refractivity contribution in [2.24, 2.45) is 15.3 Å². The van der Waals surface area contributed by atoms with E-state index in [4.69, 9.17) is 5.26 Å². The van der Waals surface area contributed by atoms with E-state index in [1.54, 1.807) is 36.5 Å². The van der Waals surface area contributed by atoms with Crippen molar-refractivity contribution in [3.63, 3.8) is 0 Å². The van der Waals surface area contributed by atoms with Gasteiger partial charge in [-0.2, -0.15) is 10.4 Å². The van der Waals surface area contributed by atoms with Gasteiger partial charge in [-0.3, -0.25) is 5.43 Å². The Kier molecular flexibility index (Phi) is 9.75. The minimum atomic E-state index is 0.395. The highest BCUT2D eigenvalue weighted by molar-refractivity contribution is 5.99. The van der Waals surface area contributed by atoms with Gasteiger partial charge in [0.15, 0.2) is 5.82 Å². The molecule has 7 heteroatoms. The highest BCUT2D eigenvalue weighted by Crippen LogP contribution is 2.20. The lowest BCUT2D eigenvalue weighted by Gasteiger charge is -2.24. The molecular formula is C27H31N7. The Bertz CT molecular complexity index is 1090. The maximum Gasteiger partial charge on any atom is 0.201 e. The minimum absolute atomic E-state index is 0.395. The fraction of sp³-hybridized carbons (Fsp3) is 0.296. The Morgan fingerprint density at radius 1 is 0.941 bits per heavy atom. The third kappa shape index (κ3) is 7.52. The highest BCUT2D eigenvalue weighted by Gasteiger charge is 2.07. The second-order valence-corrected chi connectivity index (χ2v) is 7.87. The molecule has 0 amide bonds.